The molecule has 76 valence electrons. The van der Waals surface area contributed by atoms with E-state index < -0.39 is 0 Å². The molecule has 3 aromatic rings. The third-order valence-electron chi connectivity index (χ3n) is 2.33. The number of aliphatic hydroxyl groups excluding tert-OH is 1. The minimum atomic E-state index is 0.136. The zero-order valence-corrected chi connectivity index (χ0v) is 10.9. The van der Waals surface area contributed by atoms with Gasteiger partial charge in [0.1, 0.15) is 0 Å². The zero-order chi connectivity index (χ0) is 10.4. The second-order valence-corrected chi connectivity index (χ2v) is 6.98. The first-order valence-electron chi connectivity index (χ1n) is 4.48. The number of aliphatic hydroxyl groups is 1. The first-order chi connectivity index (χ1) is 7.26. The number of hydrogen-bond acceptors (Lipinski definition) is 3. The van der Waals surface area contributed by atoms with Crippen LogP contribution >= 0.6 is 38.6 Å². The topological polar surface area (TPSA) is 20.2 Å². The van der Waals surface area contributed by atoms with Crippen LogP contribution in [0.5, 0.6) is 0 Å². The highest BCUT2D eigenvalue weighted by Crippen LogP contribution is 2.35. The fourth-order valence-corrected chi connectivity index (χ4v) is 4.21. The summed E-state index contributed by atoms with van der Waals surface area (Å²) in [7, 11) is 0. The van der Waals surface area contributed by atoms with E-state index in [1.807, 2.05) is 0 Å². The van der Waals surface area contributed by atoms with Crippen LogP contribution in [0.1, 0.15) is 4.88 Å². The Morgan fingerprint density at radius 2 is 1.67 bits per heavy atom. The molecule has 0 atom stereocenters. The van der Waals surface area contributed by atoms with E-state index >= 15 is 0 Å². The molecule has 0 bridgehead atoms. The van der Waals surface area contributed by atoms with Crippen molar-refractivity contribution in [2.45, 2.75) is 6.61 Å². The fraction of sp³-hybridized carbons (Fsp3) is 0.0909. The summed E-state index contributed by atoms with van der Waals surface area (Å²) in [6.45, 7) is 0.136. The standard InChI is InChI=1S/C11H7BrOS2/c12-11-4-7-3-9-6(2-10(7)15-11)1-8(5-13)14-9/h1-4,13H,5H2. The Morgan fingerprint density at radius 3 is 2.40 bits per heavy atom. The first-order valence-corrected chi connectivity index (χ1v) is 6.91. The monoisotopic (exact) mass is 298 g/mol. The quantitative estimate of drug-likeness (QED) is 0.707. The van der Waals surface area contributed by atoms with E-state index in [0.29, 0.717) is 0 Å². The van der Waals surface area contributed by atoms with Gasteiger partial charge in [-0.05, 0) is 51.0 Å². The van der Waals surface area contributed by atoms with Crippen LogP contribution in [-0.2, 0) is 6.61 Å². The van der Waals surface area contributed by atoms with Gasteiger partial charge in [0.25, 0.3) is 0 Å². The Hall–Kier alpha value is -0.420. The number of benzene rings is 1. The summed E-state index contributed by atoms with van der Waals surface area (Å²) in [6, 6.07) is 8.58. The van der Waals surface area contributed by atoms with Gasteiger partial charge in [0.2, 0.25) is 0 Å². The molecule has 0 aliphatic heterocycles. The lowest BCUT2D eigenvalue weighted by atomic mass is 10.2. The van der Waals surface area contributed by atoms with E-state index in [1.165, 1.54) is 20.2 Å². The second-order valence-electron chi connectivity index (χ2n) is 3.35. The number of hydrogen-bond donors (Lipinski definition) is 1. The highest BCUT2D eigenvalue weighted by molar-refractivity contribution is 9.11. The molecule has 0 radical (unpaired) electrons. The molecule has 2 heterocycles. The minimum absolute atomic E-state index is 0.136. The van der Waals surface area contributed by atoms with Gasteiger partial charge < -0.3 is 5.11 Å². The highest BCUT2D eigenvalue weighted by Gasteiger charge is 2.05. The van der Waals surface area contributed by atoms with E-state index in [4.69, 9.17) is 5.11 Å². The van der Waals surface area contributed by atoms with Crippen molar-refractivity contribution in [1.29, 1.82) is 0 Å². The van der Waals surface area contributed by atoms with E-state index in [-0.39, 0.29) is 6.61 Å². The van der Waals surface area contributed by atoms with E-state index in [0.717, 1.165) is 8.66 Å². The van der Waals surface area contributed by atoms with Crippen LogP contribution in [0.15, 0.2) is 28.1 Å². The molecule has 0 unspecified atom stereocenters. The van der Waals surface area contributed by atoms with Crippen LogP contribution in [0.2, 0.25) is 0 Å². The molecule has 0 saturated carbocycles. The summed E-state index contributed by atoms with van der Waals surface area (Å²) in [6.07, 6.45) is 0. The third kappa shape index (κ3) is 1.61. The predicted molar refractivity (Wildman–Crippen MR) is 70.8 cm³/mol. The van der Waals surface area contributed by atoms with Gasteiger partial charge in [0.05, 0.1) is 10.4 Å². The van der Waals surface area contributed by atoms with Crippen molar-refractivity contribution in [2.75, 3.05) is 0 Å². The summed E-state index contributed by atoms with van der Waals surface area (Å²) in [4.78, 5) is 1.03. The molecule has 0 fully saturated rings. The van der Waals surface area contributed by atoms with Gasteiger partial charge >= 0.3 is 0 Å². The molecule has 0 aliphatic rings. The van der Waals surface area contributed by atoms with Crippen LogP contribution in [0, 0.1) is 0 Å². The van der Waals surface area contributed by atoms with Gasteiger partial charge in [-0.15, -0.1) is 22.7 Å². The molecular formula is C11H7BrOS2. The first kappa shape index (κ1) is 9.78. The highest BCUT2D eigenvalue weighted by atomic mass is 79.9. The third-order valence-corrected chi connectivity index (χ3v) is 5.02. The van der Waals surface area contributed by atoms with Gasteiger partial charge in [0.15, 0.2) is 0 Å². The Bertz CT molecular complexity index is 587. The fourth-order valence-electron chi connectivity index (χ4n) is 1.67. The van der Waals surface area contributed by atoms with Gasteiger partial charge in [-0.1, -0.05) is 0 Å². The van der Waals surface area contributed by atoms with E-state index in [1.54, 1.807) is 22.7 Å². The van der Waals surface area contributed by atoms with Crippen LogP contribution in [0.3, 0.4) is 0 Å². The molecule has 4 heteroatoms. The lowest BCUT2D eigenvalue weighted by molar-refractivity contribution is 0.285. The zero-order valence-electron chi connectivity index (χ0n) is 7.66. The minimum Gasteiger partial charge on any atom is -0.391 e. The molecular weight excluding hydrogens is 292 g/mol. The smallest absolute Gasteiger partial charge is 0.0774 e. The van der Waals surface area contributed by atoms with Crippen molar-refractivity contribution in [3.05, 3.63) is 32.9 Å². The second kappa shape index (κ2) is 3.56. The maximum Gasteiger partial charge on any atom is 0.0774 e. The average molecular weight is 299 g/mol. The number of thiophene rings is 2. The van der Waals surface area contributed by atoms with E-state index in [9.17, 15) is 0 Å². The van der Waals surface area contributed by atoms with Gasteiger partial charge in [-0.25, -0.2) is 0 Å². The van der Waals surface area contributed by atoms with Crippen LogP contribution in [0.4, 0.5) is 0 Å². The lowest BCUT2D eigenvalue weighted by Gasteiger charge is -1.89. The molecule has 3 rings (SSSR count). The summed E-state index contributed by atoms with van der Waals surface area (Å²) < 4.78 is 3.70. The summed E-state index contributed by atoms with van der Waals surface area (Å²) in [5, 5.41) is 11.6. The maximum atomic E-state index is 9.08. The van der Waals surface area contributed by atoms with Crippen molar-refractivity contribution in [2.24, 2.45) is 0 Å². The summed E-state index contributed by atoms with van der Waals surface area (Å²) in [5.74, 6) is 0. The van der Waals surface area contributed by atoms with Crippen molar-refractivity contribution in [1.82, 2.24) is 0 Å². The Morgan fingerprint density at radius 1 is 1.00 bits per heavy atom. The van der Waals surface area contributed by atoms with Gasteiger partial charge in [-0.2, -0.15) is 0 Å². The predicted octanol–water partition coefficient (Wildman–Crippen LogP) is 4.37. The van der Waals surface area contributed by atoms with Crippen LogP contribution in [0.25, 0.3) is 20.2 Å². The molecule has 0 saturated heterocycles. The van der Waals surface area contributed by atoms with Crippen molar-refractivity contribution in [3.63, 3.8) is 0 Å². The van der Waals surface area contributed by atoms with Crippen molar-refractivity contribution in [3.8, 4) is 0 Å². The van der Waals surface area contributed by atoms with E-state index in [2.05, 4.69) is 40.2 Å². The maximum absolute atomic E-state index is 9.08. The van der Waals surface area contributed by atoms with Gasteiger partial charge in [-0.3, -0.25) is 0 Å². The summed E-state index contributed by atoms with van der Waals surface area (Å²) >= 11 is 6.90. The molecule has 2 aromatic heterocycles. The Kier molecular flexibility index (Phi) is 2.32. The Labute approximate surface area is 103 Å². The molecule has 15 heavy (non-hydrogen) atoms. The Balaban J connectivity index is 2.37. The molecule has 0 amide bonds. The molecule has 1 aromatic carbocycles. The number of fused-ring (bicyclic) bond motifs is 2. The number of rotatable bonds is 1. The molecule has 0 spiro atoms. The normalized spacial score (nSPS) is 11.6. The van der Waals surface area contributed by atoms with Gasteiger partial charge in [0, 0.05) is 14.3 Å². The van der Waals surface area contributed by atoms with Crippen LogP contribution < -0.4 is 0 Å². The molecule has 1 N–H and O–H groups in total. The lowest BCUT2D eigenvalue weighted by Crippen LogP contribution is -1.70. The van der Waals surface area contributed by atoms with Crippen molar-refractivity contribution < 1.29 is 5.11 Å². The molecule has 0 aliphatic carbocycles. The van der Waals surface area contributed by atoms with Crippen molar-refractivity contribution >= 4 is 58.8 Å². The average Bonchev–Trinajstić information content (AvgIpc) is 2.74. The summed E-state index contributed by atoms with van der Waals surface area (Å²) in [5.41, 5.74) is 0. The number of halogens is 1. The SMILES string of the molecule is OCc1cc2cc3sc(Br)cc3cc2s1. The largest absolute Gasteiger partial charge is 0.391 e. The van der Waals surface area contributed by atoms with Crippen LogP contribution in [-0.4, -0.2) is 5.11 Å². The molecule has 1 nitrogen and oxygen atoms in total.